The second-order valence-electron chi connectivity index (χ2n) is 10.9. The van der Waals surface area contributed by atoms with Crippen molar-refractivity contribution >= 4 is 38.4 Å². The largest absolute Gasteiger partial charge is 0.494 e. The number of rotatable bonds is 12. The topological polar surface area (TPSA) is 141 Å². The second kappa shape index (κ2) is 14.2. The molecule has 3 aromatic carbocycles. The molecule has 11 heteroatoms. The highest BCUT2D eigenvalue weighted by Gasteiger charge is 2.37. The maximum atomic E-state index is 14.0. The van der Waals surface area contributed by atoms with E-state index in [1.165, 1.54) is 6.20 Å². The van der Waals surface area contributed by atoms with Gasteiger partial charge in [-0.15, -0.1) is 0 Å². The lowest BCUT2D eigenvalue weighted by Gasteiger charge is -2.26. The average Bonchev–Trinajstić information content (AvgIpc) is 3.59. The van der Waals surface area contributed by atoms with Crippen molar-refractivity contribution in [2.45, 2.75) is 43.9 Å². The van der Waals surface area contributed by atoms with Crippen LogP contribution >= 0.6 is 0 Å². The maximum absolute atomic E-state index is 14.0. The van der Waals surface area contributed by atoms with Crippen molar-refractivity contribution in [1.29, 1.82) is 5.26 Å². The van der Waals surface area contributed by atoms with Gasteiger partial charge in [-0.05, 0) is 73.7 Å². The lowest BCUT2D eigenvalue weighted by atomic mass is 10.0. The number of nitrogens with one attached hydrogen (secondary N) is 2. The van der Waals surface area contributed by atoms with Crippen molar-refractivity contribution in [3.63, 3.8) is 0 Å². The van der Waals surface area contributed by atoms with Crippen molar-refractivity contribution in [2.75, 3.05) is 24.4 Å². The van der Waals surface area contributed by atoms with Gasteiger partial charge in [0.1, 0.15) is 11.8 Å². The number of likely N-dealkylation sites (tertiary alicyclic amines) is 1. The van der Waals surface area contributed by atoms with Gasteiger partial charge in [0, 0.05) is 24.9 Å². The summed E-state index contributed by atoms with van der Waals surface area (Å²) in [4.78, 5) is 33.7. The Morgan fingerprint density at radius 2 is 1.64 bits per heavy atom. The SMILES string of the molecule is CCOc1ccc(CC(C(=O)NC(Cc2ccc(C#N)cc2)C(=O)N2CCCC2)S(=O)(=O)Nc2cnc3ccccc3c2)cc1. The first-order chi connectivity index (χ1) is 21.8. The predicted molar refractivity (Wildman–Crippen MR) is 172 cm³/mol. The number of anilines is 1. The quantitative estimate of drug-likeness (QED) is 0.240. The van der Waals surface area contributed by atoms with Crippen LogP contribution in [-0.4, -0.2) is 61.1 Å². The van der Waals surface area contributed by atoms with Gasteiger partial charge in [-0.25, -0.2) is 8.42 Å². The molecule has 232 valence electrons. The van der Waals surface area contributed by atoms with Crippen LogP contribution in [0.3, 0.4) is 0 Å². The minimum Gasteiger partial charge on any atom is -0.494 e. The Morgan fingerprint density at radius 1 is 0.978 bits per heavy atom. The molecule has 5 rings (SSSR count). The number of para-hydroxylation sites is 1. The number of fused-ring (bicyclic) bond motifs is 1. The van der Waals surface area contributed by atoms with Gasteiger partial charge in [-0.3, -0.25) is 19.3 Å². The number of sulfonamides is 1. The molecule has 1 aliphatic heterocycles. The molecule has 1 fully saturated rings. The fourth-order valence-electron chi connectivity index (χ4n) is 5.38. The van der Waals surface area contributed by atoms with E-state index >= 15 is 0 Å². The summed E-state index contributed by atoms with van der Waals surface area (Å²) < 4.78 is 36.0. The van der Waals surface area contributed by atoms with Crippen LogP contribution in [-0.2, 0) is 32.5 Å². The smallest absolute Gasteiger partial charge is 0.245 e. The molecule has 45 heavy (non-hydrogen) atoms. The van der Waals surface area contributed by atoms with E-state index < -0.39 is 27.2 Å². The molecule has 4 aromatic rings. The molecule has 0 bridgehead atoms. The van der Waals surface area contributed by atoms with Crippen LogP contribution in [0.2, 0.25) is 0 Å². The first kappa shape index (κ1) is 31.5. The zero-order valence-corrected chi connectivity index (χ0v) is 25.8. The van der Waals surface area contributed by atoms with Crippen molar-refractivity contribution in [2.24, 2.45) is 0 Å². The van der Waals surface area contributed by atoms with E-state index in [0.717, 1.165) is 23.8 Å². The van der Waals surface area contributed by atoms with Gasteiger partial charge < -0.3 is 15.0 Å². The number of ether oxygens (including phenoxy) is 1. The van der Waals surface area contributed by atoms with Gasteiger partial charge in [-0.1, -0.05) is 42.5 Å². The molecule has 2 atom stereocenters. The Balaban J connectivity index is 1.44. The first-order valence-corrected chi connectivity index (χ1v) is 16.5. The molecule has 2 N–H and O–H groups in total. The summed E-state index contributed by atoms with van der Waals surface area (Å²) in [7, 11) is -4.33. The van der Waals surface area contributed by atoms with E-state index in [0.29, 0.717) is 42.1 Å². The van der Waals surface area contributed by atoms with E-state index in [4.69, 9.17) is 4.74 Å². The Bertz CT molecular complexity index is 1800. The third-order valence-electron chi connectivity index (χ3n) is 7.73. The molecule has 1 aliphatic rings. The van der Waals surface area contributed by atoms with Gasteiger partial charge in [-0.2, -0.15) is 5.26 Å². The molecule has 0 saturated carbocycles. The Kier molecular flexibility index (Phi) is 9.95. The van der Waals surface area contributed by atoms with E-state index in [-0.39, 0.29) is 24.4 Å². The minimum atomic E-state index is -4.33. The van der Waals surface area contributed by atoms with Crippen molar-refractivity contribution in [3.8, 4) is 11.8 Å². The highest BCUT2D eigenvalue weighted by Crippen LogP contribution is 2.22. The molecule has 2 heterocycles. The van der Waals surface area contributed by atoms with Gasteiger partial charge in [0.15, 0.2) is 5.25 Å². The standard InChI is InChI=1S/C34H35N5O5S/c1-2-44-29-15-13-25(14-16-29)20-32(45(42,43)38-28-21-27-7-3-4-8-30(27)36-23-28)33(40)37-31(34(41)39-17-5-6-18-39)19-24-9-11-26(22-35)12-10-24/h3-4,7-16,21,23,31-32,38H,2,5-6,17-20H2,1H3,(H,37,40). The van der Waals surface area contributed by atoms with Crippen LogP contribution < -0.4 is 14.8 Å². The van der Waals surface area contributed by atoms with Gasteiger partial charge in [0.05, 0.1) is 35.6 Å². The number of nitriles is 1. The molecule has 1 saturated heterocycles. The number of amides is 2. The van der Waals surface area contributed by atoms with Crippen LogP contribution in [0, 0.1) is 11.3 Å². The maximum Gasteiger partial charge on any atom is 0.245 e. The van der Waals surface area contributed by atoms with Crippen molar-refractivity contribution in [1.82, 2.24) is 15.2 Å². The fraction of sp³-hybridized carbons (Fsp3) is 0.294. The number of aromatic nitrogens is 1. The van der Waals surface area contributed by atoms with Crippen LogP contribution in [0.15, 0.2) is 85.1 Å². The number of carbonyl (C=O) groups excluding carboxylic acids is 2. The lowest BCUT2D eigenvalue weighted by molar-refractivity contribution is -0.135. The number of pyridine rings is 1. The van der Waals surface area contributed by atoms with Gasteiger partial charge in [0.2, 0.25) is 21.8 Å². The molecular weight excluding hydrogens is 590 g/mol. The molecule has 2 amide bonds. The average molecular weight is 626 g/mol. The Labute approximate surface area is 263 Å². The summed E-state index contributed by atoms with van der Waals surface area (Å²) in [5.41, 5.74) is 2.74. The van der Waals surface area contributed by atoms with E-state index in [9.17, 15) is 23.3 Å². The zero-order chi connectivity index (χ0) is 31.8. The monoisotopic (exact) mass is 625 g/mol. The summed E-state index contributed by atoms with van der Waals surface area (Å²) in [6.45, 7) is 3.49. The number of hydrogen-bond donors (Lipinski definition) is 2. The first-order valence-electron chi connectivity index (χ1n) is 14.9. The number of carbonyl (C=O) groups is 2. The number of hydrogen-bond acceptors (Lipinski definition) is 7. The molecule has 2 unspecified atom stereocenters. The molecular formula is C34H35N5O5S. The summed E-state index contributed by atoms with van der Waals surface area (Å²) in [6, 6.07) is 23.7. The summed E-state index contributed by atoms with van der Waals surface area (Å²) in [6.07, 6.45) is 3.14. The summed E-state index contributed by atoms with van der Waals surface area (Å²) in [5, 5.41) is 11.1. The van der Waals surface area contributed by atoms with Crippen LogP contribution in [0.4, 0.5) is 5.69 Å². The van der Waals surface area contributed by atoms with Crippen LogP contribution in [0.1, 0.15) is 36.5 Å². The molecule has 0 spiro atoms. The molecule has 1 aromatic heterocycles. The minimum absolute atomic E-state index is 0.143. The van der Waals surface area contributed by atoms with E-state index in [2.05, 4.69) is 21.1 Å². The normalized spacial score (nSPS) is 14.4. The molecule has 0 aliphatic carbocycles. The van der Waals surface area contributed by atoms with E-state index in [1.807, 2.05) is 31.2 Å². The fourth-order valence-corrected chi connectivity index (χ4v) is 6.73. The van der Waals surface area contributed by atoms with Gasteiger partial charge in [0.25, 0.3) is 0 Å². The highest BCUT2D eigenvalue weighted by molar-refractivity contribution is 7.94. The Morgan fingerprint density at radius 3 is 2.33 bits per heavy atom. The second-order valence-corrected chi connectivity index (χ2v) is 12.8. The predicted octanol–water partition coefficient (Wildman–Crippen LogP) is 4.21. The van der Waals surface area contributed by atoms with Crippen molar-refractivity contribution in [3.05, 3.63) is 102 Å². The zero-order valence-electron chi connectivity index (χ0n) is 25.0. The molecule has 10 nitrogen and oxygen atoms in total. The molecule has 0 radical (unpaired) electrons. The van der Waals surface area contributed by atoms with Crippen molar-refractivity contribution < 1.29 is 22.7 Å². The summed E-state index contributed by atoms with van der Waals surface area (Å²) >= 11 is 0. The summed E-state index contributed by atoms with van der Waals surface area (Å²) in [5.74, 6) is -0.436. The van der Waals surface area contributed by atoms with Crippen LogP contribution in [0.5, 0.6) is 5.75 Å². The lowest BCUT2D eigenvalue weighted by Crippen LogP contribution is -2.53. The number of benzene rings is 3. The Hall–Kier alpha value is -4.95. The third kappa shape index (κ3) is 7.96. The highest BCUT2D eigenvalue weighted by atomic mass is 32.2. The van der Waals surface area contributed by atoms with Crippen LogP contribution in [0.25, 0.3) is 10.9 Å². The van der Waals surface area contributed by atoms with E-state index in [1.54, 1.807) is 59.5 Å². The number of nitrogens with zero attached hydrogens (tertiary/aromatic N) is 3. The van der Waals surface area contributed by atoms with Gasteiger partial charge >= 0.3 is 0 Å². The third-order valence-corrected chi connectivity index (χ3v) is 9.38.